The number of aromatic carboxylic acids is 1. The van der Waals surface area contributed by atoms with Crippen LogP contribution in [0.3, 0.4) is 0 Å². The maximum atomic E-state index is 13.0. The van der Waals surface area contributed by atoms with Crippen molar-refractivity contribution in [2.45, 2.75) is 153 Å². The van der Waals surface area contributed by atoms with Crippen LogP contribution in [0.2, 0.25) is 10.0 Å². The van der Waals surface area contributed by atoms with E-state index in [9.17, 15) is 19.2 Å². The molecule has 366 valence electrons. The molecule has 4 aliphatic carbocycles. The van der Waals surface area contributed by atoms with Gasteiger partial charge in [-0.25, -0.2) is 9.59 Å². The van der Waals surface area contributed by atoms with E-state index in [1.54, 1.807) is 60.7 Å². The number of ether oxygens (including phenoxy) is 5. The van der Waals surface area contributed by atoms with Crippen molar-refractivity contribution in [1.82, 2.24) is 0 Å². The van der Waals surface area contributed by atoms with E-state index >= 15 is 0 Å². The molecule has 0 aliphatic heterocycles. The minimum Gasteiger partial charge on any atom is -0.870 e. The molecule has 0 saturated heterocycles. The van der Waals surface area contributed by atoms with E-state index in [0.29, 0.717) is 61.1 Å². The number of amides is 2. The Balaban J connectivity index is 0.000000250. The Morgan fingerprint density at radius 3 is 1.12 bits per heavy atom. The summed E-state index contributed by atoms with van der Waals surface area (Å²) >= 11 is 13.3. The number of benzene rings is 4. The van der Waals surface area contributed by atoms with Crippen molar-refractivity contribution in [2.75, 3.05) is 17.7 Å². The number of esters is 1. The number of methoxy groups -OCH3 is 1. The van der Waals surface area contributed by atoms with Gasteiger partial charge in [0.2, 0.25) is 0 Å². The Labute approximate surface area is 427 Å². The van der Waals surface area contributed by atoms with E-state index < -0.39 is 11.9 Å². The molecular weight excluding hydrogens is 918 g/mol. The first-order valence-corrected chi connectivity index (χ1v) is 24.8. The normalized spacial score (nSPS) is 16.7. The smallest absolute Gasteiger partial charge is 0.870 e. The maximum absolute atomic E-state index is 13.0. The predicted molar refractivity (Wildman–Crippen MR) is 262 cm³/mol. The van der Waals surface area contributed by atoms with E-state index in [-0.39, 0.29) is 66.1 Å². The first-order chi connectivity index (χ1) is 32.5. The van der Waals surface area contributed by atoms with Crippen LogP contribution < -0.4 is 48.4 Å². The fourth-order valence-corrected chi connectivity index (χ4v) is 9.65. The Morgan fingerprint density at radius 1 is 0.478 bits per heavy atom. The van der Waals surface area contributed by atoms with Crippen molar-refractivity contribution >= 4 is 58.3 Å². The number of carboxylic acids is 1. The van der Waals surface area contributed by atoms with E-state index in [4.69, 9.17) is 52.0 Å². The van der Waals surface area contributed by atoms with Gasteiger partial charge in [0.1, 0.15) is 0 Å². The number of hydrogen-bond acceptors (Lipinski definition) is 10. The summed E-state index contributed by atoms with van der Waals surface area (Å²) in [4.78, 5) is 48.7. The molecule has 2 amide bonds. The van der Waals surface area contributed by atoms with Crippen molar-refractivity contribution in [3.8, 4) is 23.0 Å². The summed E-state index contributed by atoms with van der Waals surface area (Å²) in [6.45, 7) is 0. The molecule has 4 fully saturated rings. The van der Waals surface area contributed by atoms with Gasteiger partial charge in [-0.3, -0.25) is 9.59 Å². The standard InChI is InChI=1S/C27H32ClNO5.C26H30ClNO5.Li.H2O/c1-32-27(31)18-12-14-20(15-13-18)29-26(30)19-16-23(28)25(34-22-10-6-3-7-11-22)24(17-19)33-21-8-4-2-5-9-21;27-22-15-18(25(29)28-19-13-11-17(12-14-19)26(30)31)16-23(32-20-7-3-1-4-8-20)24(22)33-21-9-5-2-6-10-21;;/h12-17,21-22H,2-11H2,1H3,(H,29,30);11-16,20-21H,1-10H2,(H,28,29)(H,30,31);;1H2/q;;+1;/p-1. The molecule has 69 heavy (non-hydrogen) atoms. The van der Waals surface area contributed by atoms with E-state index in [1.165, 1.54) is 44.9 Å². The first kappa shape index (κ1) is 55.0. The molecule has 4 N–H and O–H groups in total. The Hall–Kier alpha value is -4.90. The molecule has 0 bridgehead atoms. The minimum absolute atomic E-state index is 0. The van der Waals surface area contributed by atoms with Gasteiger partial charge in [0.25, 0.3) is 11.8 Å². The molecule has 0 spiro atoms. The summed E-state index contributed by atoms with van der Waals surface area (Å²) in [5, 5.41) is 15.4. The third kappa shape index (κ3) is 16.1. The summed E-state index contributed by atoms with van der Waals surface area (Å²) < 4.78 is 30.0. The van der Waals surface area contributed by atoms with Gasteiger partial charge < -0.3 is 44.9 Å². The number of hydrogen-bond donors (Lipinski definition) is 3. The van der Waals surface area contributed by atoms with Crippen molar-refractivity contribution in [2.24, 2.45) is 0 Å². The molecule has 0 heterocycles. The zero-order valence-corrected chi connectivity index (χ0v) is 41.2. The molecule has 0 radical (unpaired) electrons. The van der Waals surface area contributed by atoms with E-state index in [0.717, 1.165) is 103 Å². The molecule has 4 aliphatic rings. The number of nitrogens with one attached hydrogen (secondary N) is 2. The van der Waals surface area contributed by atoms with Crippen LogP contribution in [0.5, 0.6) is 23.0 Å². The molecule has 8 rings (SSSR count). The summed E-state index contributed by atoms with van der Waals surface area (Å²) in [7, 11) is 1.33. The van der Waals surface area contributed by atoms with Crippen molar-refractivity contribution in [3.63, 3.8) is 0 Å². The molecule has 0 atom stereocenters. The van der Waals surface area contributed by atoms with Crippen LogP contribution in [-0.4, -0.2) is 65.9 Å². The van der Waals surface area contributed by atoms with Crippen LogP contribution in [0.15, 0.2) is 72.8 Å². The van der Waals surface area contributed by atoms with E-state index in [1.807, 2.05) is 0 Å². The molecule has 0 unspecified atom stereocenters. The zero-order valence-electron chi connectivity index (χ0n) is 39.7. The fraction of sp³-hybridized carbons (Fsp3) is 0.472. The first-order valence-electron chi connectivity index (χ1n) is 24.0. The summed E-state index contributed by atoms with van der Waals surface area (Å²) in [5.41, 5.74) is 2.39. The van der Waals surface area contributed by atoms with Crippen LogP contribution in [0.25, 0.3) is 0 Å². The fourth-order valence-electron chi connectivity index (χ4n) is 9.14. The second kappa shape index (κ2) is 27.5. The van der Waals surface area contributed by atoms with Crippen LogP contribution >= 0.6 is 23.2 Å². The van der Waals surface area contributed by atoms with Gasteiger partial charge in [0, 0.05) is 22.5 Å². The van der Waals surface area contributed by atoms with Gasteiger partial charge in [-0.1, -0.05) is 48.9 Å². The molecule has 13 nitrogen and oxygen atoms in total. The molecular formula is C53H63Cl2LiN2O11. The number of anilines is 2. The number of carboxylic acid groups (broad SMARTS) is 1. The van der Waals surface area contributed by atoms with Gasteiger partial charge in [0.05, 0.1) is 52.7 Å². The number of carbonyl (C=O) groups is 4. The van der Waals surface area contributed by atoms with E-state index in [2.05, 4.69) is 10.6 Å². The van der Waals surface area contributed by atoms with Gasteiger partial charge in [-0.2, -0.15) is 0 Å². The van der Waals surface area contributed by atoms with Crippen molar-refractivity contribution in [3.05, 3.63) is 105 Å². The Kier molecular flexibility index (Phi) is 21.9. The average Bonchev–Trinajstić information content (AvgIpc) is 3.35. The second-order valence-electron chi connectivity index (χ2n) is 17.9. The van der Waals surface area contributed by atoms with Gasteiger partial charge in [0.15, 0.2) is 23.0 Å². The summed E-state index contributed by atoms with van der Waals surface area (Å²) in [5.74, 6) is 0.0145. The third-order valence-corrected chi connectivity index (χ3v) is 13.4. The predicted octanol–water partition coefficient (Wildman–Crippen LogP) is 10.3. The van der Waals surface area contributed by atoms with Gasteiger partial charge in [-0.05, 0) is 176 Å². The Morgan fingerprint density at radius 2 is 0.797 bits per heavy atom. The van der Waals surface area contributed by atoms with Crippen LogP contribution in [0.4, 0.5) is 11.4 Å². The topological polar surface area (TPSA) is 189 Å². The number of carbonyl (C=O) groups excluding carboxylic acids is 3. The molecule has 4 aromatic rings. The maximum Gasteiger partial charge on any atom is 1.00 e. The van der Waals surface area contributed by atoms with Gasteiger partial charge in [-0.15, -0.1) is 0 Å². The Bertz CT molecular complexity index is 2310. The minimum atomic E-state index is -1.02. The third-order valence-electron chi connectivity index (χ3n) is 12.9. The number of rotatable bonds is 14. The van der Waals surface area contributed by atoms with Gasteiger partial charge >= 0.3 is 30.8 Å². The quantitative estimate of drug-likeness (QED) is 0.0806. The summed E-state index contributed by atoms with van der Waals surface area (Å²) in [6.07, 6.45) is 22.4. The number of halogens is 2. The largest absolute Gasteiger partial charge is 1.00 e. The molecule has 16 heteroatoms. The van der Waals surface area contributed by atoms with Crippen LogP contribution in [0.1, 0.15) is 170 Å². The molecule has 4 saturated carbocycles. The van der Waals surface area contributed by atoms with Crippen LogP contribution in [0, 0.1) is 0 Å². The summed E-state index contributed by atoms with van der Waals surface area (Å²) in [6, 6.07) is 19.2. The second-order valence-corrected chi connectivity index (χ2v) is 18.8. The van der Waals surface area contributed by atoms with Crippen molar-refractivity contribution in [1.29, 1.82) is 0 Å². The zero-order chi connectivity index (χ0) is 47.1. The molecule has 0 aromatic heterocycles. The van der Waals surface area contributed by atoms with Crippen LogP contribution in [-0.2, 0) is 4.74 Å². The SMILES string of the molecule is COC(=O)c1ccc(NC(=O)c2cc(Cl)c(OC3CCCCC3)c(OC3CCCCC3)c2)cc1.O=C(O)c1ccc(NC(=O)c2cc(Cl)c(OC3CCCCC3)c(OC3CCCCC3)c2)cc1.[Li+].[OH-]. The monoisotopic (exact) mass is 980 g/mol. The molecule has 4 aromatic carbocycles. The van der Waals surface area contributed by atoms with Crippen molar-refractivity contribution < 1.29 is 72.3 Å². The average molecular weight is 982 g/mol.